The summed E-state index contributed by atoms with van der Waals surface area (Å²) in [6, 6.07) is 14.1. The molecule has 2 aromatic rings. The number of nitrogens with one attached hydrogen (secondary N) is 2. The minimum atomic E-state index is -1.08. The topological polar surface area (TPSA) is 81.7 Å². The Morgan fingerprint density at radius 3 is 2.70 bits per heavy atom. The van der Waals surface area contributed by atoms with Crippen molar-refractivity contribution in [2.45, 2.75) is 13.5 Å². The van der Waals surface area contributed by atoms with Gasteiger partial charge in [0.15, 0.2) is 0 Å². The normalized spacial score (nSPS) is 13.4. The third kappa shape index (κ3) is 3.19. The molecule has 0 saturated heterocycles. The molecule has 1 aliphatic rings. The summed E-state index contributed by atoms with van der Waals surface area (Å²) < 4.78 is 0. The molecule has 0 aliphatic carbocycles. The van der Waals surface area contributed by atoms with E-state index < -0.39 is 7.05 Å². The molecule has 116 valence electrons. The molecule has 1 aliphatic heterocycles. The van der Waals surface area contributed by atoms with Crippen molar-refractivity contribution >= 4 is 35.8 Å². The van der Waals surface area contributed by atoms with Crippen molar-refractivity contribution in [3.05, 3.63) is 54.1 Å². The zero-order chi connectivity index (χ0) is 16.4. The molecule has 3 rings (SSSR count). The van der Waals surface area contributed by atoms with E-state index >= 15 is 0 Å². The molecule has 0 spiro atoms. The van der Waals surface area contributed by atoms with Crippen LogP contribution in [0.4, 0.5) is 16.2 Å². The Morgan fingerprint density at radius 1 is 1.26 bits per heavy atom. The zero-order valence-corrected chi connectivity index (χ0v) is 12.6. The Hall–Kier alpha value is -2.80. The monoisotopic (exact) mass is 309 g/mol. The van der Waals surface area contributed by atoms with Crippen LogP contribution >= 0.6 is 0 Å². The first-order valence-electron chi connectivity index (χ1n) is 7.26. The van der Waals surface area contributed by atoms with Crippen LogP contribution in [0.3, 0.4) is 0 Å². The highest BCUT2D eigenvalue weighted by Gasteiger charge is 2.36. The van der Waals surface area contributed by atoms with Crippen LogP contribution in [0.25, 0.3) is 0 Å². The lowest BCUT2D eigenvalue weighted by Gasteiger charge is -2.32. The number of hydrogen-bond acceptors (Lipinski definition) is 3. The number of carbonyl (C=O) groups is 2. The van der Waals surface area contributed by atoms with Gasteiger partial charge in [0.1, 0.15) is 0 Å². The maximum atomic E-state index is 12.2. The first-order chi connectivity index (χ1) is 11.0. The SMILES string of the molecule is CC(=O)Nc1ccc2c(c1)B(O)N(Cc1ccccc1)C(=O)N2. The summed E-state index contributed by atoms with van der Waals surface area (Å²) in [7, 11) is -1.08. The molecular weight excluding hydrogens is 293 g/mol. The van der Waals surface area contributed by atoms with Gasteiger partial charge in [-0.15, -0.1) is 0 Å². The molecule has 0 fully saturated rings. The predicted octanol–water partition coefficient (Wildman–Crippen LogP) is 1.38. The number of amides is 3. The van der Waals surface area contributed by atoms with Crippen molar-refractivity contribution in [3.63, 3.8) is 0 Å². The van der Waals surface area contributed by atoms with Crippen molar-refractivity contribution < 1.29 is 14.6 Å². The van der Waals surface area contributed by atoms with E-state index in [1.807, 2.05) is 30.3 Å². The highest BCUT2D eigenvalue weighted by Crippen LogP contribution is 2.19. The summed E-state index contributed by atoms with van der Waals surface area (Å²) in [6.45, 7) is 1.71. The number of urea groups is 1. The number of rotatable bonds is 3. The number of fused-ring (bicyclic) bond motifs is 1. The van der Waals surface area contributed by atoms with Gasteiger partial charge in [0.25, 0.3) is 0 Å². The Balaban J connectivity index is 1.88. The van der Waals surface area contributed by atoms with Crippen molar-refractivity contribution in [2.75, 3.05) is 10.6 Å². The fraction of sp³-hybridized carbons (Fsp3) is 0.125. The summed E-state index contributed by atoms with van der Waals surface area (Å²) in [5.41, 5.74) is 2.59. The van der Waals surface area contributed by atoms with Crippen LogP contribution in [-0.2, 0) is 11.3 Å². The minimum absolute atomic E-state index is 0.194. The second-order valence-electron chi connectivity index (χ2n) is 5.40. The van der Waals surface area contributed by atoms with Gasteiger partial charge in [-0.3, -0.25) is 4.79 Å². The fourth-order valence-corrected chi connectivity index (χ4v) is 2.58. The molecule has 23 heavy (non-hydrogen) atoms. The first-order valence-corrected chi connectivity index (χ1v) is 7.26. The lowest BCUT2D eigenvalue weighted by atomic mass is 9.69. The van der Waals surface area contributed by atoms with Crippen LogP contribution in [-0.4, -0.2) is 28.8 Å². The molecule has 1 heterocycles. The average molecular weight is 309 g/mol. The molecule has 0 radical (unpaired) electrons. The summed E-state index contributed by atoms with van der Waals surface area (Å²) in [4.78, 5) is 24.7. The lowest BCUT2D eigenvalue weighted by molar-refractivity contribution is -0.114. The number of benzene rings is 2. The van der Waals surface area contributed by atoms with E-state index in [0.717, 1.165) is 5.56 Å². The van der Waals surface area contributed by atoms with Crippen molar-refractivity contribution in [1.29, 1.82) is 0 Å². The van der Waals surface area contributed by atoms with E-state index in [-0.39, 0.29) is 18.5 Å². The zero-order valence-electron chi connectivity index (χ0n) is 12.6. The van der Waals surface area contributed by atoms with E-state index in [9.17, 15) is 14.6 Å². The second kappa shape index (κ2) is 6.14. The maximum absolute atomic E-state index is 12.2. The lowest BCUT2D eigenvalue weighted by Crippen LogP contribution is -2.57. The summed E-state index contributed by atoms with van der Waals surface area (Å²) in [5.74, 6) is -0.194. The summed E-state index contributed by atoms with van der Waals surface area (Å²) in [5, 5.41) is 16.0. The maximum Gasteiger partial charge on any atom is 0.455 e. The van der Waals surface area contributed by atoms with E-state index in [1.165, 1.54) is 11.7 Å². The Kier molecular flexibility index (Phi) is 4.03. The van der Waals surface area contributed by atoms with Crippen molar-refractivity contribution in [3.8, 4) is 0 Å². The number of nitrogens with zero attached hydrogens (tertiary/aromatic N) is 1. The van der Waals surface area contributed by atoms with E-state index in [4.69, 9.17) is 0 Å². The van der Waals surface area contributed by atoms with Gasteiger partial charge in [-0.05, 0) is 23.8 Å². The number of hydrogen-bond donors (Lipinski definition) is 3. The van der Waals surface area contributed by atoms with Gasteiger partial charge in [-0.1, -0.05) is 30.3 Å². The quantitative estimate of drug-likeness (QED) is 0.749. The van der Waals surface area contributed by atoms with Gasteiger partial charge in [0, 0.05) is 30.3 Å². The van der Waals surface area contributed by atoms with Crippen LogP contribution < -0.4 is 16.1 Å². The highest BCUT2D eigenvalue weighted by molar-refractivity contribution is 6.69. The van der Waals surface area contributed by atoms with Crippen molar-refractivity contribution in [2.24, 2.45) is 0 Å². The molecule has 0 atom stereocenters. The second-order valence-corrected chi connectivity index (χ2v) is 5.40. The molecule has 6 nitrogen and oxygen atoms in total. The third-order valence-corrected chi connectivity index (χ3v) is 3.64. The largest absolute Gasteiger partial charge is 0.455 e. The molecule has 3 amide bonds. The standard InChI is InChI=1S/C16H16BN3O3/c1-11(21)18-13-7-8-15-14(9-13)17(23)20(16(22)19-15)10-12-5-3-2-4-6-12/h2-9,23H,10H2,1H3,(H,18,21)(H,19,22). The molecule has 3 N–H and O–H groups in total. The molecule has 0 unspecified atom stereocenters. The number of carbonyl (C=O) groups excluding carboxylic acids is 2. The van der Waals surface area contributed by atoms with Gasteiger partial charge >= 0.3 is 13.1 Å². The van der Waals surface area contributed by atoms with Gasteiger partial charge in [-0.25, -0.2) is 4.79 Å². The smallest absolute Gasteiger partial charge is 0.428 e. The predicted molar refractivity (Wildman–Crippen MR) is 89.4 cm³/mol. The van der Waals surface area contributed by atoms with E-state index in [2.05, 4.69) is 10.6 Å². The molecule has 7 heteroatoms. The van der Waals surface area contributed by atoms with Crippen LogP contribution in [0.15, 0.2) is 48.5 Å². The highest BCUT2D eigenvalue weighted by atomic mass is 16.2. The van der Waals surface area contributed by atoms with Crippen LogP contribution in [0, 0.1) is 0 Å². The Labute approximate surface area is 134 Å². The summed E-state index contributed by atoms with van der Waals surface area (Å²) >= 11 is 0. The van der Waals surface area contributed by atoms with E-state index in [1.54, 1.807) is 18.2 Å². The minimum Gasteiger partial charge on any atom is -0.428 e. The number of anilines is 2. The molecule has 2 aromatic carbocycles. The van der Waals surface area contributed by atoms with Crippen LogP contribution in [0.2, 0.25) is 0 Å². The van der Waals surface area contributed by atoms with E-state index in [0.29, 0.717) is 16.8 Å². The van der Waals surface area contributed by atoms with Gasteiger partial charge in [0.2, 0.25) is 5.91 Å². The molecular formula is C16H16BN3O3. The molecule has 0 bridgehead atoms. The third-order valence-electron chi connectivity index (χ3n) is 3.64. The fourth-order valence-electron chi connectivity index (χ4n) is 2.58. The molecule has 0 aromatic heterocycles. The first kappa shape index (κ1) is 15.1. The van der Waals surface area contributed by atoms with Crippen molar-refractivity contribution in [1.82, 2.24) is 4.81 Å². The van der Waals surface area contributed by atoms with Gasteiger partial charge < -0.3 is 20.5 Å². The Bertz CT molecular complexity index is 751. The Morgan fingerprint density at radius 2 is 2.00 bits per heavy atom. The van der Waals surface area contributed by atoms with Gasteiger partial charge in [-0.2, -0.15) is 0 Å². The average Bonchev–Trinajstić information content (AvgIpc) is 2.53. The van der Waals surface area contributed by atoms with Crippen LogP contribution in [0.5, 0.6) is 0 Å². The summed E-state index contributed by atoms with van der Waals surface area (Å²) in [6.07, 6.45) is 0. The van der Waals surface area contributed by atoms with Crippen LogP contribution in [0.1, 0.15) is 12.5 Å². The van der Waals surface area contributed by atoms with Gasteiger partial charge in [0.05, 0.1) is 0 Å². The molecule has 0 saturated carbocycles.